The number of hydrogen-bond donors (Lipinski definition) is 0. The van der Waals surface area contributed by atoms with Crippen LogP contribution >= 0.6 is 0 Å². The second kappa shape index (κ2) is 16.5. The van der Waals surface area contributed by atoms with Gasteiger partial charge in [0.15, 0.2) is 0 Å². The van der Waals surface area contributed by atoms with Crippen molar-refractivity contribution in [1.82, 2.24) is 0 Å². The summed E-state index contributed by atoms with van der Waals surface area (Å²) in [5.41, 5.74) is 19.3. The van der Waals surface area contributed by atoms with Crippen molar-refractivity contribution in [2.75, 3.05) is 0 Å². The molecule has 1 heterocycles. The van der Waals surface area contributed by atoms with E-state index in [1.54, 1.807) is 30.5 Å². The van der Waals surface area contributed by atoms with Crippen molar-refractivity contribution in [2.45, 2.75) is 139 Å². The molecule has 3 heteroatoms. The van der Waals surface area contributed by atoms with Gasteiger partial charge in [-0.3, -0.25) is 0 Å². The van der Waals surface area contributed by atoms with Crippen molar-refractivity contribution in [3.63, 3.8) is 0 Å². The molecule has 4 aromatic rings. The van der Waals surface area contributed by atoms with Crippen molar-refractivity contribution < 1.29 is 45.1 Å². The summed E-state index contributed by atoms with van der Waals surface area (Å²) in [5.74, 6) is 1.52. The molecule has 1 aliphatic heterocycles. The van der Waals surface area contributed by atoms with Crippen LogP contribution < -0.4 is 24.8 Å². The summed E-state index contributed by atoms with van der Waals surface area (Å²) in [4.78, 5) is 0. The maximum absolute atomic E-state index is 3.03. The molecule has 0 bridgehead atoms. The second-order valence-corrected chi connectivity index (χ2v) is 31.5. The van der Waals surface area contributed by atoms with E-state index in [4.69, 9.17) is 0 Å². The van der Waals surface area contributed by atoms with Gasteiger partial charge in [0.25, 0.3) is 0 Å². The van der Waals surface area contributed by atoms with Crippen molar-refractivity contribution in [3.05, 3.63) is 129 Å². The minimum absolute atomic E-state index is 0. The van der Waals surface area contributed by atoms with Gasteiger partial charge in [0.05, 0.1) is 0 Å². The van der Waals surface area contributed by atoms with Crippen molar-refractivity contribution in [2.24, 2.45) is 11.8 Å². The molecule has 2 atom stereocenters. The third-order valence-electron chi connectivity index (χ3n) is 14.9. The van der Waals surface area contributed by atoms with Crippen LogP contribution in [0.1, 0.15) is 153 Å². The Hall–Kier alpha value is -2.18. The van der Waals surface area contributed by atoms with Crippen LogP contribution in [0.5, 0.6) is 0 Å². The van der Waals surface area contributed by atoms with Gasteiger partial charge in [-0.2, -0.15) is 0 Å². The Bertz CT molecular complexity index is 1920. The summed E-state index contributed by atoms with van der Waals surface area (Å²) < 4.78 is 4.51. The molecule has 0 nitrogen and oxygen atoms in total. The molecule has 0 amide bonds. The predicted molar refractivity (Wildman–Crippen MR) is 230 cm³/mol. The minimum atomic E-state index is -3.03. The maximum Gasteiger partial charge on any atom is -1.00 e. The van der Waals surface area contributed by atoms with Crippen LogP contribution in [0.3, 0.4) is 0 Å². The van der Waals surface area contributed by atoms with Gasteiger partial charge in [0.1, 0.15) is 0 Å². The molecule has 294 valence electrons. The minimum Gasteiger partial charge on any atom is -1.00 e. The van der Waals surface area contributed by atoms with Gasteiger partial charge in [-0.25, -0.2) is 0 Å². The molecule has 2 saturated carbocycles. The first kappa shape index (κ1) is 42.0. The molecule has 1 saturated heterocycles. The van der Waals surface area contributed by atoms with E-state index in [2.05, 4.69) is 139 Å². The van der Waals surface area contributed by atoms with Gasteiger partial charge >= 0.3 is 334 Å². The first-order chi connectivity index (χ1) is 26.0. The molecule has 0 aromatic heterocycles. The zero-order chi connectivity index (χ0) is 37.2. The Morgan fingerprint density at radius 1 is 0.446 bits per heavy atom. The monoisotopic (exact) mass is 860 g/mol. The molecule has 9 rings (SSSR count). The third kappa shape index (κ3) is 7.47. The third-order valence-corrected chi connectivity index (χ3v) is 30.0. The van der Waals surface area contributed by atoms with Gasteiger partial charge in [-0.1, -0.05) is 0 Å². The van der Waals surface area contributed by atoms with Gasteiger partial charge < -0.3 is 24.8 Å². The van der Waals surface area contributed by atoms with Crippen molar-refractivity contribution >= 4 is 12.2 Å². The fraction of sp³-hybridized carbons (Fsp3) is 0.472. The van der Waals surface area contributed by atoms with Crippen LogP contribution in [-0.2, 0) is 31.1 Å². The van der Waals surface area contributed by atoms with Crippen LogP contribution in [0.15, 0.2) is 96.1 Å². The SMILES string of the molecule is CC(C)(C)c1ccc(-c2cccc3c2C=C(C2CCCCC2)[CH]3[Zr+2]2([CH]3C(C4CCCCC4)=Cc4c(-c5ccc(C(C)(C)C)cc5)cccc43)[CH2]C[CH2]2)cc1.[Cl-].[Cl-]. The Morgan fingerprint density at radius 2 is 0.821 bits per heavy atom. The topological polar surface area (TPSA) is 0 Å². The average molecular weight is 863 g/mol. The fourth-order valence-electron chi connectivity index (χ4n) is 11.8. The Kier molecular flexibility index (Phi) is 12.3. The summed E-state index contributed by atoms with van der Waals surface area (Å²) in [5, 5.41) is 0. The second-order valence-electron chi connectivity index (χ2n) is 20.2. The summed E-state index contributed by atoms with van der Waals surface area (Å²) in [7, 11) is 0. The standard InChI is InChI=1S/2C25H29.C3H6.2ClH.Zr/c2*1-25(2,3)22-14-12-19(13-15-22)23-11-7-10-20-16-21(17-24(20)23)18-8-5-4-6-9-18;1-3-2;;;/h2*7,10-18H,4-6,8-9H2,1-3H3;1-3H2;2*1H;/q;;;;;+2/p-2. The van der Waals surface area contributed by atoms with E-state index in [-0.39, 0.29) is 35.6 Å². The average Bonchev–Trinajstić information content (AvgIpc) is 3.75. The van der Waals surface area contributed by atoms with E-state index in [1.165, 1.54) is 104 Å². The molecule has 0 spiro atoms. The first-order valence-electron chi connectivity index (χ1n) is 21.9. The van der Waals surface area contributed by atoms with Crippen molar-refractivity contribution in [1.29, 1.82) is 0 Å². The van der Waals surface area contributed by atoms with E-state index in [0.29, 0.717) is 7.25 Å². The number of hydrogen-bond acceptors (Lipinski definition) is 0. The maximum atomic E-state index is 2.81. The number of allylic oxidation sites excluding steroid dienone is 2. The molecular weight excluding hydrogens is 799 g/mol. The fourth-order valence-corrected chi connectivity index (χ4v) is 27.5. The van der Waals surface area contributed by atoms with Gasteiger partial charge in [-0.15, -0.1) is 0 Å². The summed E-state index contributed by atoms with van der Waals surface area (Å²) in [6.07, 6.45) is 21.1. The van der Waals surface area contributed by atoms with Gasteiger partial charge in [0, 0.05) is 0 Å². The smallest absolute Gasteiger partial charge is 1.00 e. The normalized spacial score (nSPS) is 21.6. The molecule has 0 N–H and O–H groups in total. The van der Waals surface area contributed by atoms with Gasteiger partial charge in [0.2, 0.25) is 0 Å². The molecule has 2 unspecified atom stereocenters. The van der Waals surface area contributed by atoms with Crippen LogP contribution in [0.25, 0.3) is 34.4 Å². The molecule has 3 fully saturated rings. The van der Waals surface area contributed by atoms with Crippen LogP contribution in [-0.4, -0.2) is 0 Å². The molecular formula is C53H64Cl2Zr. The first-order valence-corrected chi connectivity index (χ1v) is 28.2. The van der Waals surface area contributed by atoms with E-state index in [0.717, 1.165) is 11.8 Å². The number of halogens is 2. The predicted octanol–water partition coefficient (Wildman–Crippen LogP) is 9.75. The quantitative estimate of drug-likeness (QED) is 0.181. The molecule has 56 heavy (non-hydrogen) atoms. The van der Waals surface area contributed by atoms with E-state index < -0.39 is 20.3 Å². The van der Waals surface area contributed by atoms with Gasteiger partial charge in [-0.05, 0) is 0 Å². The Balaban J connectivity index is 0.00000240. The number of benzene rings is 4. The molecule has 5 aliphatic rings. The molecule has 4 aliphatic carbocycles. The van der Waals surface area contributed by atoms with Crippen LogP contribution in [0, 0.1) is 11.8 Å². The molecule has 0 radical (unpaired) electrons. The number of fused-ring (bicyclic) bond motifs is 2. The van der Waals surface area contributed by atoms with E-state index in [1.807, 2.05) is 11.1 Å². The van der Waals surface area contributed by atoms with E-state index in [9.17, 15) is 0 Å². The van der Waals surface area contributed by atoms with Crippen molar-refractivity contribution in [3.8, 4) is 22.3 Å². The largest absolute Gasteiger partial charge is 1.00 e. The van der Waals surface area contributed by atoms with Crippen LogP contribution in [0.4, 0.5) is 0 Å². The molecule has 4 aromatic carbocycles. The van der Waals surface area contributed by atoms with Crippen LogP contribution in [0.2, 0.25) is 8.26 Å². The Labute approximate surface area is 356 Å². The van der Waals surface area contributed by atoms with E-state index >= 15 is 0 Å². The summed E-state index contributed by atoms with van der Waals surface area (Å²) >= 11 is -3.03. The zero-order valence-electron chi connectivity index (χ0n) is 35.0. The number of rotatable bonds is 6. The summed E-state index contributed by atoms with van der Waals surface area (Å²) in [6.45, 7) is 14.0. The summed E-state index contributed by atoms with van der Waals surface area (Å²) in [6, 6.07) is 34.3. The Morgan fingerprint density at radius 3 is 1.14 bits per heavy atom. The zero-order valence-corrected chi connectivity index (χ0v) is 39.0.